The van der Waals surface area contributed by atoms with E-state index in [2.05, 4.69) is 5.32 Å². The number of nitrogens with zero attached hydrogens (tertiary/aromatic N) is 1. The molecule has 0 heterocycles. The molecular formula is C26H33N2O3-. The van der Waals surface area contributed by atoms with Crippen LogP contribution in [-0.2, 0) is 17.9 Å². The van der Waals surface area contributed by atoms with Crippen molar-refractivity contribution < 1.29 is 14.7 Å². The maximum atomic E-state index is 13.7. The standard InChI is InChI=1S/C26H34N2O3/c1-25(2,3)26(27-24(30)31)16-10-15-22(17-26)23(29)28(18-20-11-6-4-7-12-20)19-21-13-8-5-9-14-21/h4-9,11-14,22,27H,10,15-19H2,1-3H3,(H,30,31)/p-1. The fraction of sp³-hybridized carbons (Fsp3) is 0.462. The zero-order chi connectivity index (χ0) is 22.5. The minimum absolute atomic E-state index is 0.0844. The van der Waals surface area contributed by atoms with Crippen LogP contribution in [0.2, 0.25) is 0 Å². The lowest BCUT2D eigenvalue weighted by Crippen LogP contribution is -2.62. The van der Waals surface area contributed by atoms with E-state index in [-0.39, 0.29) is 17.2 Å². The third kappa shape index (κ3) is 5.66. The number of amides is 2. The van der Waals surface area contributed by atoms with E-state index < -0.39 is 11.6 Å². The highest BCUT2D eigenvalue weighted by Gasteiger charge is 2.47. The van der Waals surface area contributed by atoms with Crippen molar-refractivity contribution in [1.82, 2.24) is 10.2 Å². The van der Waals surface area contributed by atoms with Gasteiger partial charge in [0.25, 0.3) is 0 Å². The molecule has 2 amide bonds. The Morgan fingerprint density at radius 3 is 1.97 bits per heavy atom. The first-order valence-corrected chi connectivity index (χ1v) is 11.1. The van der Waals surface area contributed by atoms with Crippen molar-refractivity contribution >= 4 is 12.0 Å². The van der Waals surface area contributed by atoms with Crippen molar-refractivity contribution in [3.8, 4) is 0 Å². The highest BCUT2D eigenvalue weighted by atomic mass is 16.4. The van der Waals surface area contributed by atoms with Crippen molar-refractivity contribution in [3.05, 3.63) is 71.8 Å². The molecule has 166 valence electrons. The fourth-order valence-corrected chi connectivity index (χ4v) is 4.74. The van der Waals surface area contributed by atoms with Crippen LogP contribution in [0, 0.1) is 11.3 Å². The van der Waals surface area contributed by atoms with Gasteiger partial charge < -0.3 is 20.1 Å². The molecule has 5 heteroatoms. The summed E-state index contributed by atoms with van der Waals surface area (Å²) in [6.45, 7) is 7.15. The fourth-order valence-electron chi connectivity index (χ4n) is 4.74. The molecule has 0 radical (unpaired) electrons. The number of benzene rings is 2. The van der Waals surface area contributed by atoms with E-state index in [9.17, 15) is 14.7 Å². The van der Waals surface area contributed by atoms with Gasteiger partial charge in [-0.2, -0.15) is 0 Å². The van der Waals surface area contributed by atoms with Crippen molar-refractivity contribution in [1.29, 1.82) is 0 Å². The molecule has 1 aliphatic carbocycles. The molecular weight excluding hydrogens is 388 g/mol. The average molecular weight is 422 g/mol. The summed E-state index contributed by atoms with van der Waals surface area (Å²) in [5.74, 6) is -0.145. The summed E-state index contributed by atoms with van der Waals surface area (Å²) in [6, 6.07) is 20.0. The molecule has 0 bridgehead atoms. The second-order valence-corrected chi connectivity index (χ2v) is 9.70. The van der Waals surface area contributed by atoms with Gasteiger partial charge in [-0.05, 0) is 35.8 Å². The summed E-state index contributed by atoms with van der Waals surface area (Å²) in [5, 5.41) is 14.2. The summed E-state index contributed by atoms with van der Waals surface area (Å²) in [5.41, 5.74) is 1.17. The van der Waals surface area contributed by atoms with E-state index in [4.69, 9.17) is 0 Å². The molecule has 3 rings (SSSR count). The average Bonchev–Trinajstić information content (AvgIpc) is 2.73. The van der Waals surface area contributed by atoms with Gasteiger partial charge in [-0.1, -0.05) is 87.9 Å². The molecule has 1 fully saturated rings. The van der Waals surface area contributed by atoms with Crippen LogP contribution in [0.5, 0.6) is 0 Å². The molecule has 31 heavy (non-hydrogen) atoms. The lowest BCUT2D eigenvalue weighted by Gasteiger charge is -2.51. The normalized spacial score (nSPS) is 21.3. The van der Waals surface area contributed by atoms with E-state index in [0.29, 0.717) is 25.9 Å². The van der Waals surface area contributed by atoms with Gasteiger partial charge in [0.15, 0.2) is 0 Å². The zero-order valence-electron chi connectivity index (χ0n) is 18.8. The van der Waals surface area contributed by atoms with Crippen molar-refractivity contribution in [2.75, 3.05) is 0 Å². The summed E-state index contributed by atoms with van der Waals surface area (Å²) in [6.07, 6.45) is 1.51. The molecule has 5 nitrogen and oxygen atoms in total. The van der Waals surface area contributed by atoms with E-state index >= 15 is 0 Å². The van der Waals surface area contributed by atoms with E-state index in [0.717, 1.165) is 24.0 Å². The van der Waals surface area contributed by atoms with E-state index in [1.165, 1.54) is 0 Å². The third-order valence-electron chi connectivity index (χ3n) is 6.62. The van der Waals surface area contributed by atoms with Crippen LogP contribution in [0.3, 0.4) is 0 Å². The molecule has 0 spiro atoms. The maximum Gasteiger partial charge on any atom is 0.226 e. The minimum atomic E-state index is -1.27. The Hall–Kier alpha value is -2.82. The Labute approximate surface area is 185 Å². The van der Waals surface area contributed by atoms with Crippen LogP contribution in [0.25, 0.3) is 0 Å². The van der Waals surface area contributed by atoms with Crippen LogP contribution < -0.4 is 10.4 Å². The predicted octanol–water partition coefficient (Wildman–Crippen LogP) is 4.12. The monoisotopic (exact) mass is 421 g/mol. The van der Waals surface area contributed by atoms with Crippen LogP contribution in [0.1, 0.15) is 57.6 Å². The summed E-state index contributed by atoms with van der Waals surface area (Å²) in [7, 11) is 0. The second kappa shape index (κ2) is 9.54. The number of carbonyl (C=O) groups excluding carboxylic acids is 2. The maximum absolute atomic E-state index is 13.7. The number of carboxylic acid groups (broad SMARTS) is 1. The number of hydrogen-bond donors (Lipinski definition) is 1. The highest BCUT2D eigenvalue weighted by molar-refractivity contribution is 5.79. The Morgan fingerprint density at radius 2 is 1.52 bits per heavy atom. The Kier molecular flexibility index (Phi) is 7.04. The highest BCUT2D eigenvalue weighted by Crippen LogP contribution is 2.44. The largest absolute Gasteiger partial charge is 0.530 e. The Balaban J connectivity index is 1.86. The summed E-state index contributed by atoms with van der Waals surface area (Å²) < 4.78 is 0. The Bertz CT molecular complexity index is 835. The van der Waals surface area contributed by atoms with Crippen molar-refractivity contribution in [3.63, 3.8) is 0 Å². The molecule has 0 saturated heterocycles. The number of nitrogens with one attached hydrogen (secondary N) is 1. The number of rotatable bonds is 6. The molecule has 2 unspecified atom stereocenters. The zero-order valence-corrected chi connectivity index (χ0v) is 18.8. The Morgan fingerprint density at radius 1 is 1.00 bits per heavy atom. The molecule has 0 aliphatic heterocycles. The molecule has 2 aromatic carbocycles. The molecule has 0 aromatic heterocycles. The second-order valence-electron chi connectivity index (χ2n) is 9.70. The van der Waals surface area contributed by atoms with Gasteiger partial charge in [-0.15, -0.1) is 0 Å². The SMILES string of the molecule is CC(C)(C)C1(NC(=O)[O-])CCCC(C(=O)N(Cc2ccccc2)Cc2ccccc2)C1. The molecule has 2 aromatic rings. The van der Waals surface area contributed by atoms with Gasteiger partial charge in [-0.3, -0.25) is 4.79 Å². The third-order valence-corrected chi connectivity index (χ3v) is 6.62. The smallest absolute Gasteiger partial charge is 0.226 e. The lowest BCUT2D eigenvalue weighted by molar-refractivity contribution is -0.255. The van der Waals surface area contributed by atoms with Gasteiger partial charge in [0.2, 0.25) is 5.91 Å². The predicted molar refractivity (Wildman–Crippen MR) is 120 cm³/mol. The van der Waals surface area contributed by atoms with Crippen LogP contribution in [-0.4, -0.2) is 22.4 Å². The molecule has 1 aliphatic rings. The van der Waals surface area contributed by atoms with Crippen molar-refractivity contribution in [2.24, 2.45) is 11.3 Å². The van der Waals surface area contributed by atoms with Gasteiger partial charge in [0.1, 0.15) is 6.09 Å². The molecule has 1 N–H and O–H groups in total. The first kappa shape index (κ1) is 22.9. The van der Waals surface area contributed by atoms with Crippen molar-refractivity contribution in [2.45, 2.75) is 65.1 Å². The lowest BCUT2D eigenvalue weighted by atomic mass is 9.62. The van der Waals surface area contributed by atoms with Gasteiger partial charge in [-0.25, -0.2) is 0 Å². The van der Waals surface area contributed by atoms with Crippen LogP contribution in [0.4, 0.5) is 4.79 Å². The van der Waals surface area contributed by atoms with Gasteiger partial charge in [0.05, 0.1) is 0 Å². The van der Waals surface area contributed by atoms with Gasteiger partial charge >= 0.3 is 0 Å². The first-order chi connectivity index (χ1) is 14.7. The van der Waals surface area contributed by atoms with E-state index in [1.54, 1.807) is 0 Å². The number of carbonyl (C=O) groups is 2. The minimum Gasteiger partial charge on any atom is -0.530 e. The van der Waals surface area contributed by atoms with E-state index in [1.807, 2.05) is 86.3 Å². The molecule has 2 atom stereocenters. The van der Waals surface area contributed by atoms with Crippen LogP contribution in [0.15, 0.2) is 60.7 Å². The quantitative estimate of drug-likeness (QED) is 0.762. The summed E-state index contributed by atoms with van der Waals surface area (Å²) >= 11 is 0. The topological polar surface area (TPSA) is 72.5 Å². The van der Waals surface area contributed by atoms with Gasteiger partial charge in [0, 0.05) is 24.5 Å². The summed E-state index contributed by atoms with van der Waals surface area (Å²) in [4.78, 5) is 27.1. The molecule has 1 saturated carbocycles. The first-order valence-electron chi connectivity index (χ1n) is 11.1. The van der Waals surface area contributed by atoms with Crippen LogP contribution >= 0.6 is 0 Å². The number of hydrogen-bond acceptors (Lipinski definition) is 3.